The Balaban J connectivity index is 2.88. The minimum absolute atomic E-state index is 0.220. The highest BCUT2D eigenvalue weighted by Crippen LogP contribution is 2.11. The van der Waals surface area contributed by atoms with Crippen molar-refractivity contribution in [1.29, 1.82) is 0 Å². The van der Waals surface area contributed by atoms with Gasteiger partial charge in [0.1, 0.15) is 11.2 Å². The molecule has 0 radical (unpaired) electrons. The first kappa shape index (κ1) is 13.4. The number of halogens is 1. The highest BCUT2D eigenvalue weighted by molar-refractivity contribution is 6.29. The number of aliphatic carboxylic acids is 1. The molecule has 17 heavy (non-hydrogen) atoms. The molecule has 2 N–H and O–H groups in total. The van der Waals surface area contributed by atoms with Crippen molar-refractivity contribution in [1.82, 2.24) is 10.3 Å². The first-order valence-corrected chi connectivity index (χ1v) is 5.52. The van der Waals surface area contributed by atoms with Gasteiger partial charge in [-0.25, -0.2) is 4.98 Å². The summed E-state index contributed by atoms with van der Waals surface area (Å²) in [6.07, 6.45) is 0.648. The summed E-state index contributed by atoms with van der Waals surface area (Å²) in [5.74, 6) is -1.56. The molecule has 1 amide bonds. The predicted octanol–water partition coefficient (Wildman–Crippen LogP) is 1.50. The average molecular weight is 257 g/mol. The van der Waals surface area contributed by atoms with Crippen molar-refractivity contribution in [2.75, 3.05) is 0 Å². The normalized spacial score (nSPS) is 11.9. The molecule has 0 aliphatic carbocycles. The molecular formula is C11H13ClN2O3. The molecule has 0 saturated heterocycles. The summed E-state index contributed by atoms with van der Waals surface area (Å²) in [7, 11) is 0. The number of nitrogens with zero attached hydrogens (tertiary/aromatic N) is 1. The zero-order valence-corrected chi connectivity index (χ0v) is 10.3. The van der Waals surface area contributed by atoms with Crippen molar-refractivity contribution < 1.29 is 14.7 Å². The van der Waals surface area contributed by atoms with E-state index in [0.29, 0.717) is 17.7 Å². The quantitative estimate of drug-likeness (QED) is 0.800. The lowest BCUT2D eigenvalue weighted by atomic mass is 10.2. The van der Waals surface area contributed by atoms with E-state index in [1.54, 1.807) is 6.07 Å². The molecule has 0 aliphatic heterocycles. The smallest absolute Gasteiger partial charge is 0.325 e. The highest BCUT2D eigenvalue weighted by Gasteiger charge is 2.16. The summed E-state index contributed by atoms with van der Waals surface area (Å²) in [5.41, 5.74) is 1.00. The maximum atomic E-state index is 11.7. The van der Waals surface area contributed by atoms with Crippen molar-refractivity contribution in [2.45, 2.75) is 26.3 Å². The van der Waals surface area contributed by atoms with E-state index in [4.69, 9.17) is 16.7 Å². The van der Waals surface area contributed by atoms with Crippen LogP contribution < -0.4 is 5.32 Å². The van der Waals surface area contributed by atoms with Crippen LogP contribution >= 0.6 is 11.6 Å². The second kappa shape index (κ2) is 5.63. The number of hydrogen-bond donors (Lipinski definition) is 2. The number of aromatic nitrogens is 1. The van der Waals surface area contributed by atoms with E-state index >= 15 is 0 Å². The molecule has 0 aromatic carbocycles. The number of carboxylic acid groups (broad SMARTS) is 1. The lowest BCUT2D eigenvalue weighted by Crippen LogP contribution is -2.38. The summed E-state index contributed by atoms with van der Waals surface area (Å²) in [6.45, 7) is 3.28. The fraction of sp³-hybridized carbons (Fsp3) is 0.364. The molecule has 1 rings (SSSR count). The molecule has 0 fully saturated rings. The fourth-order valence-electron chi connectivity index (χ4n) is 1.21. The number of carbonyl (C=O) groups is 2. The molecule has 5 nitrogen and oxygen atoms in total. The van der Waals surface area contributed by atoms with Crippen molar-refractivity contribution in [2.24, 2.45) is 0 Å². The molecule has 0 spiro atoms. The summed E-state index contributed by atoms with van der Waals surface area (Å²) >= 11 is 5.76. The number of pyridine rings is 1. The minimum Gasteiger partial charge on any atom is -0.480 e. The molecule has 0 bridgehead atoms. The van der Waals surface area contributed by atoms with Crippen LogP contribution in [-0.2, 0) is 11.2 Å². The van der Waals surface area contributed by atoms with E-state index in [1.807, 2.05) is 6.92 Å². The van der Waals surface area contributed by atoms with Gasteiger partial charge in [0.05, 0.1) is 0 Å². The standard InChI is InChI=1S/C11H13ClN2O3/c1-3-8-4-7(5-9(12)14-8)10(15)13-6(2)11(16)17/h4-6H,3H2,1-2H3,(H,13,15)(H,16,17). The first-order chi connectivity index (χ1) is 7.93. The highest BCUT2D eigenvalue weighted by atomic mass is 35.5. The second-order valence-electron chi connectivity index (χ2n) is 3.56. The number of carbonyl (C=O) groups excluding carboxylic acids is 1. The molecule has 1 atom stereocenters. The average Bonchev–Trinajstić information content (AvgIpc) is 2.27. The molecule has 1 heterocycles. The molecule has 1 aromatic rings. The molecule has 0 aliphatic rings. The van der Waals surface area contributed by atoms with E-state index in [0.717, 1.165) is 0 Å². The van der Waals surface area contributed by atoms with E-state index in [2.05, 4.69) is 10.3 Å². The Bertz CT molecular complexity index is 448. The van der Waals surface area contributed by atoms with E-state index in [-0.39, 0.29) is 5.15 Å². The second-order valence-corrected chi connectivity index (χ2v) is 3.94. The first-order valence-electron chi connectivity index (χ1n) is 5.14. The van der Waals surface area contributed by atoms with Crippen LogP contribution in [0.1, 0.15) is 29.9 Å². The van der Waals surface area contributed by atoms with Gasteiger partial charge in [-0.3, -0.25) is 9.59 Å². The van der Waals surface area contributed by atoms with Crippen LogP contribution in [-0.4, -0.2) is 28.0 Å². The van der Waals surface area contributed by atoms with Gasteiger partial charge >= 0.3 is 5.97 Å². The zero-order chi connectivity index (χ0) is 13.0. The Hall–Kier alpha value is -1.62. The van der Waals surface area contributed by atoms with Crippen molar-refractivity contribution in [3.63, 3.8) is 0 Å². The maximum Gasteiger partial charge on any atom is 0.325 e. The predicted molar refractivity (Wildman–Crippen MR) is 63.2 cm³/mol. The molecule has 1 aromatic heterocycles. The SMILES string of the molecule is CCc1cc(C(=O)NC(C)C(=O)O)cc(Cl)n1. The van der Waals surface area contributed by atoms with Crippen LogP contribution in [0.25, 0.3) is 0 Å². The largest absolute Gasteiger partial charge is 0.480 e. The number of rotatable bonds is 4. The number of aryl methyl sites for hydroxylation is 1. The van der Waals surface area contributed by atoms with Gasteiger partial charge in [0, 0.05) is 11.3 Å². The van der Waals surface area contributed by atoms with Crippen LogP contribution in [0, 0.1) is 0 Å². The molecule has 1 unspecified atom stereocenters. The number of carboxylic acids is 1. The van der Waals surface area contributed by atoms with Crippen LogP contribution in [0.15, 0.2) is 12.1 Å². The van der Waals surface area contributed by atoms with Gasteiger partial charge in [-0.2, -0.15) is 0 Å². The van der Waals surface area contributed by atoms with Crippen molar-refractivity contribution >= 4 is 23.5 Å². The van der Waals surface area contributed by atoms with Crippen molar-refractivity contribution in [3.8, 4) is 0 Å². The van der Waals surface area contributed by atoms with Gasteiger partial charge in [0.15, 0.2) is 0 Å². The minimum atomic E-state index is -1.09. The van der Waals surface area contributed by atoms with Gasteiger partial charge < -0.3 is 10.4 Å². The van der Waals surface area contributed by atoms with Crippen LogP contribution in [0.5, 0.6) is 0 Å². The Morgan fingerprint density at radius 2 is 2.18 bits per heavy atom. The van der Waals surface area contributed by atoms with Gasteiger partial charge in [-0.05, 0) is 25.5 Å². The van der Waals surface area contributed by atoms with E-state index in [1.165, 1.54) is 13.0 Å². The zero-order valence-electron chi connectivity index (χ0n) is 9.53. The van der Waals surface area contributed by atoms with Gasteiger partial charge in [-0.15, -0.1) is 0 Å². The van der Waals surface area contributed by atoms with E-state index in [9.17, 15) is 9.59 Å². The number of nitrogens with one attached hydrogen (secondary N) is 1. The third-order valence-electron chi connectivity index (χ3n) is 2.19. The van der Waals surface area contributed by atoms with Gasteiger partial charge in [-0.1, -0.05) is 18.5 Å². The number of hydrogen-bond acceptors (Lipinski definition) is 3. The molecule has 92 valence electrons. The topological polar surface area (TPSA) is 79.3 Å². The summed E-state index contributed by atoms with van der Waals surface area (Å²) in [4.78, 5) is 26.3. The molecular weight excluding hydrogens is 244 g/mol. The lowest BCUT2D eigenvalue weighted by molar-refractivity contribution is -0.138. The molecule has 0 saturated carbocycles. The Morgan fingerprint density at radius 3 is 2.71 bits per heavy atom. The fourth-order valence-corrected chi connectivity index (χ4v) is 1.43. The van der Waals surface area contributed by atoms with Gasteiger partial charge in [0.2, 0.25) is 0 Å². The maximum absolute atomic E-state index is 11.7. The molecule has 6 heteroatoms. The monoisotopic (exact) mass is 256 g/mol. The van der Waals surface area contributed by atoms with Gasteiger partial charge in [0.25, 0.3) is 5.91 Å². The van der Waals surface area contributed by atoms with Crippen LogP contribution in [0.4, 0.5) is 0 Å². The lowest BCUT2D eigenvalue weighted by Gasteiger charge is -2.10. The summed E-state index contributed by atoms with van der Waals surface area (Å²) < 4.78 is 0. The Kier molecular flexibility index (Phi) is 4.45. The van der Waals surface area contributed by atoms with Crippen LogP contribution in [0.2, 0.25) is 5.15 Å². The van der Waals surface area contributed by atoms with Crippen LogP contribution in [0.3, 0.4) is 0 Å². The summed E-state index contributed by atoms with van der Waals surface area (Å²) in [5, 5.41) is 11.2. The van der Waals surface area contributed by atoms with Crippen molar-refractivity contribution in [3.05, 3.63) is 28.5 Å². The summed E-state index contributed by atoms with van der Waals surface area (Å²) in [6, 6.07) is 2.06. The third-order valence-corrected chi connectivity index (χ3v) is 2.38. The Morgan fingerprint density at radius 1 is 1.53 bits per heavy atom. The van der Waals surface area contributed by atoms with E-state index < -0.39 is 17.9 Å². The number of amides is 1. The third kappa shape index (κ3) is 3.71. The Labute approximate surface area is 104 Å².